The lowest BCUT2D eigenvalue weighted by Gasteiger charge is -2.19. The molecule has 1 amide bonds. The summed E-state index contributed by atoms with van der Waals surface area (Å²) in [6.45, 7) is 9.14. The van der Waals surface area contributed by atoms with E-state index in [4.69, 9.17) is 0 Å². The number of aromatic nitrogens is 1. The van der Waals surface area contributed by atoms with Gasteiger partial charge in [0.15, 0.2) is 0 Å². The van der Waals surface area contributed by atoms with Gasteiger partial charge in [-0.3, -0.25) is 4.79 Å². The largest absolute Gasteiger partial charge is 0.348 e. The summed E-state index contributed by atoms with van der Waals surface area (Å²) in [5, 5.41) is 4.22. The lowest BCUT2D eigenvalue weighted by molar-refractivity contribution is 0.0951. The smallest absolute Gasteiger partial charge is 0.251 e. The molecule has 0 spiro atoms. The van der Waals surface area contributed by atoms with Crippen molar-refractivity contribution in [3.05, 3.63) is 70.9 Å². The highest BCUT2D eigenvalue weighted by Crippen LogP contribution is 2.22. The Morgan fingerprint density at radius 2 is 1.72 bits per heavy atom. The first kappa shape index (κ1) is 17.3. The lowest BCUT2D eigenvalue weighted by atomic mass is 9.87. The van der Waals surface area contributed by atoms with Gasteiger partial charge in [0.2, 0.25) is 0 Å². The number of hydrogen-bond donors (Lipinski definition) is 1. The molecule has 3 aromatic rings. The minimum Gasteiger partial charge on any atom is -0.348 e. The number of carbonyl (C=O) groups excluding carboxylic acids is 1. The van der Waals surface area contributed by atoms with E-state index in [9.17, 15) is 4.79 Å². The maximum absolute atomic E-state index is 12.4. The number of amides is 1. The predicted octanol–water partition coefficient (Wildman–Crippen LogP) is 4.71. The summed E-state index contributed by atoms with van der Waals surface area (Å²) >= 11 is 0. The number of hydrogen-bond acceptors (Lipinski definition) is 1. The second-order valence-electron chi connectivity index (χ2n) is 7.75. The molecule has 0 fully saturated rings. The zero-order valence-electron chi connectivity index (χ0n) is 15.7. The highest BCUT2D eigenvalue weighted by molar-refractivity contribution is 5.94. The fourth-order valence-electron chi connectivity index (χ4n) is 3.05. The highest BCUT2D eigenvalue weighted by atomic mass is 16.1. The van der Waals surface area contributed by atoms with Crippen LogP contribution < -0.4 is 5.32 Å². The summed E-state index contributed by atoms with van der Waals surface area (Å²) in [5.41, 5.74) is 5.58. The van der Waals surface area contributed by atoms with Crippen molar-refractivity contribution in [2.75, 3.05) is 0 Å². The van der Waals surface area contributed by atoms with Gasteiger partial charge in [0.05, 0.1) is 0 Å². The van der Waals surface area contributed by atoms with E-state index in [1.54, 1.807) is 0 Å². The van der Waals surface area contributed by atoms with Crippen molar-refractivity contribution in [3.63, 3.8) is 0 Å². The van der Waals surface area contributed by atoms with Crippen molar-refractivity contribution in [3.8, 4) is 0 Å². The zero-order chi connectivity index (χ0) is 18.2. The topological polar surface area (TPSA) is 34.0 Å². The molecule has 0 aliphatic heterocycles. The molecule has 130 valence electrons. The number of nitrogens with zero attached hydrogens (tertiary/aromatic N) is 1. The van der Waals surface area contributed by atoms with Crippen molar-refractivity contribution >= 4 is 16.8 Å². The van der Waals surface area contributed by atoms with E-state index >= 15 is 0 Å². The summed E-state index contributed by atoms with van der Waals surface area (Å²) in [4.78, 5) is 12.4. The molecule has 1 N–H and O–H groups in total. The Kier molecular flexibility index (Phi) is 4.42. The van der Waals surface area contributed by atoms with Crippen molar-refractivity contribution in [1.82, 2.24) is 9.88 Å². The van der Waals surface area contributed by atoms with Crippen LogP contribution in [-0.2, 0) is 19.0 Å². The van der Waals surface area contributed by atoms with Crippen LogP contribution >= 0.6 is 0 Å². The van der Waals surface area contributed by atoms with E-state index < -0.39 is 0 Å². The second-order valence-corrected chi connectivity index (χ2v) is 7.75. The third kappa shape index (κ3) is 3.60. The molecule has 0 bridgehead atoms. The van der Waals surface area contributed by atoms with Gasteiger partial charge in [-0.1, -0.05) is 39.0 Å². The van der Waals surface area contributed by atoms with Crippen LogP contribution in [0.15, 0.2) is 48.5 Å². The molecule has 3 heteroatoms. The SMILES string of the molecule is Cc1cc2cc(CNC(=O)c3ccc(C(C)(C)C)cc3)ccc2n1C. The van der Waals surface area contributed by atoms with Gasteiger partial charge in [-0.25, -0.2) is 0 Å². The van der Waals surface area contributed by atoms with Gasteiger partial charge in [0.25, 0.3) is 5.91 Å². The lowest BCUT2D eigenvalue weighted by Crippen LogP contribution is -2.23. The number of nitrogens with one attached hydrogen (secondary N) is 1. The van der Waals surface area contributed by atoms with E-state index in [1.165, 1.54) is 22.2 Å². The number of fused-ring (bicyclic) bond motifs is 1. The van der Waals surface area contributed by atoms with Crippen molar-refractivity contribution in [2.45, 2.75) is 39.7 Å². The van der Waals surface area contributed by atoms with Crippen LogP contribution in [0, 0.1) is 6.92 Å². The Bertz CT molecular complexity index is 912. The van der Waals surface area contributed by atoms with Crippen LogP contribution in [0.2, 0.25) is 0 Å². The average molecular weight is 334 g/mol. The van der Waals surface area contributed by atoms with E-state index in [0.29, 0.717) is 12.1 Å². The Hall–Kier alpha value is -2.55. The van der Waals surface area contributed by atoms with Gasteiger partial charge in [0.1, 0.15) is 0 Å². The van der Waals surface area contributed by atoms with Gasteiger partial charge < -0.3 is 9.88 Å². The normalized spacial score (nSPS) is 11.7. The standard InChI is InChI=1S/C22H26N2O/c1-15-12-18-13-16(6-11-20(18)24(15)5)14-23-21(25)17-7-9-19(10-8-17)22(2,3)4/h6-13H,14H2,1-5H3,(H,23,25). The molecular weight excluding hydrogens is 308 g/mol. The monoisotopic (exact) mass is 334 g/mol. The second kappa shape index (κ2) is 6.40. The summed E-state index contributed by atoms with van der Waals surface area (Å²) in [6.07, 6.45) is 0. The summed E-state index contributed by atoms with van der Waals surface area (Å²) < 4.78 is 2.18. The van der Waals surface area contributed by atoms with Gasteiger partial charge >= 0.3 is 0 Å². The molecule has 0 atom stereocenters. The first-order valence-corrected chi connectivity index (χ1v) is 8.69. The minimum absolute atomic E-state index is 0.0372. The fourth-order valence-corrected chi connectivity index (χ4v) is 3.05. The molecule has 0 aliphatic carbocycles. The number of aryl methyl sites for hydroxylation is 2. The Morgan fingerprint density at radius 1 is 1.04 bits per heavy atom. The molecule has 25 heavy (non-hydrogen) atoms. The van der Waals surface area contributed by atoms with Crippen LogP contribution in [0.3, 0.4) is 0 Å². The Balaban J connectivity index is 1.69. The first-order chi connectivity index (χ1) is 11.8. The fraction of sp³-hybridized carbons (Fsp3) is 0.318. The molecule has 0 aliphatic rings. The molecule has 0 saturated heterocycles. The number of carbonyl (C=O) groups is 1. The maximum atomic E-state index is 12.4. The van der Waals surface area contributed by atoms with E-state index in [0.717, 1.165) is 5.56 Å². The molecule has 1 heterocycles. The summed E-state index contributed by atoms with van der Waals surface area (Å²) in [5.74, 6) is -0.0372. The number of rotatable bonds is 3. The zero-order valence-corrected chi connectivity index (χ0v) is 15.7. The van der Waals surface area contributed by atoms with Gasteiger partial charge in [0, 0.05) is 35.8 Å². The van der Waals surface area contributed by atoms with Crippen LogP contribution in [0.5, 0.6) is 0 Å². The summed E-state index contributed by atoms with van der Waals surface area (Å²) in [7, 11) is 2.07. The third-order valence-corrected chi connectivity index (χ3v) is 4.81. The van der Waals surface area contributed by atoms with Crippen LogP contribution in [0.25, 0.3) is 10.9 Å². The molecule has 0 unspecified atom stereocenters. The van der Waals surface area contributed by atoms with Crippen molar-refractivity contribution in [1.29, 1.82) is 0 Å². The Labute approximate surface area is 149 Å². The molecule has 0 radical (unpaired) electrons. The third-order valence-electron chi connectivity index (χ3n) is 4.81. The maximum Gasteiger partial charge on any atom is 0.251 e. The van der Waals surface area contributed by atoms with Gasteiger partial charge in [-0.2, -0.15) is 0 Å². The molecule has 1 aromatic heterocycles. The number of benzene rings is 2. The molecule has 0 saturated carbocycles. The van der Waals surface area contributed by atoms with E-state index in [1.807, 2.05) is 24.3 Å². The van der Waals surface area contributed by atoms with Crippen LogP contribution in [-0.4, -0.2) is 10.5 Å². The predicted molar refractivity (Wildman–Crippen MR) is 104 cm³/mol. The van der Waals surface area contributed by atoms with Crippen molar-refractivity contribution < 1.29 is 4.79 Å². The molecule has 3 nitrogen and oxygen atoms in total. The van der Waals surface area contributed by atoms with Gasteiger partial charge in [-0.15, -0.1) is 0 Å². The first-order valence-electron chi connectivity index (χ1n) is 8.69. The highest BCUT2D eigenvalue weighted by Gasteiger charge is 2.14. The average Bonchev–Trinajstić information content (AvgIpc) is 2.86. The van der Waals surface area contributed by atoms with E-state index in [-0.39, 0.29) is 11.3 Å². The quantitative estimate of drug-likeness (QED) is 0.739. The van der Waals surface area contributed by atoms with Crippen LogP contribution in [0.1, 0.15) is 48.0 Å². The summed E-state index contributed by atoms with van der Waals surface area (Å²) in [6, 6.07) is 16.4. The molecular formula is C22H26N2O. The molecule has 2 aromatic carbocycles. The van der Waals surface area contributed by atoms with Crippen LogP contribution in [0.4, 0.5) is 0 Å². The van der Waals surface area contributed by atoms with Crippen molar-refractivity contribution in [2.24, 2.45) is 7.05 Å². The van der Waals surface area contributed by atoms with E-state index in [2.05, 4.69) is 68.9 Å². The minimum atomic E-state index is -0.0372. The molecule has 3 rings (SSSR count). The Morgan fingerprint density at radius 3 is 2.36 bits per heavy atom. The van der Waals surface area contributed by atoms with Gasteiger partial charge in [-0.05, 0) is 53.8 Å².